The molecule has 1 aromatic rings. The van der Waals surface area contributed by atoms with E-state index in [0.717, 1.165) is 17.4 Å². The molecule has 0 N–H and O–H groups in total. The van der Waals surface area contributed by atoms with Crippen LogP contribution in [0.2, 0.25) is 0 Å². The van der Waals surface area contributed by atoms with Crippen LogP contribution in [0.15, 0.2) is 5.38 Å². The van der Waals surface area contributed by atoms with Crippen LogP contribution in [-0.4, -0.2) is 30.6 Å². The molecule has 1 aromatic heterocycles. The van der Waals surface area contributed by atoms with Gasteiger partial charge < -0.3 is 9.64 Å². The fourth-order valence-corrected chi connectivity index (χ4v) is 3.54. The highest BCUT2D eigenvalue weighted by molar-refractivity contribution is 7.13. The normalized spacial score (nSPS) is 19.2. The van der Waals surface area contributed by atoms with Gasteiger partial charge >= 0.3 is 5.97 Å². The third kappa shape index (κ3) is 3.47. The Morgan fingerprint density at radius 1 is 1.63 bits per heavy atom. The Labute approximate surface area is 118 Å². The molecule has 0 aliphatic carbocycles. The van der Waals surface area contributed by atoms with Crippen LogP contribution < -0.4 is 4.90 Å². The van der Waals surface area contributed by atoms with Gasteiger partial charge in [0.15, 0.2) is 5.13 Å². The van der Waals surface area contributed by atoms with E-state index < -0.39 is 0 Å². The molecule has 0 bridgehead atoms. The average Bonchev–Trinajstić information content (AvgIpc) is 3.03. The molecular formula is C14H22N2O2S. The molecule has 0 aromatic carbocycles. The summed E-state index contributed by atoms with van der Waals surface area (Å²) in [6.45, 7) is 5.65. The largest absolute Gasteiger partial charge is 0.469 e. The zero-order valence-corrected chi connectivity index (χ0v) is 12.7. The minimum absolute atomic E-state index is 0.171. The van der Waals surface area contributed by atoms with Crippen LogP contribution in [0.3, 0.4) is 0 Å². The minimum Gasteiger partial charge on any atom is -0.469 e. The van der Waals surface area contributed by atoms with Gasteiger partial charge in [-0.15, -0.1) is 11.3 Å². The summed E-state index contributed by atoms with van der Waals surface area (Å²) in [5.74, 6) is 0.487. The van der Waals surface area contributed by atoms with Crippen molar-refractivity contribution in [1.82, 2.24) is 4.98 Å². The van der Waals surface area contributed by atoms with Gasteiger partial charge in [0, 0.05) is 24.4 Å². The highest BCUT2D eigenvalue weighted by Crippen LogP contribution is 2.32. The van der Waals surface area contributed by atoms with E-state index in [1.54, 1.807) is 11.3 Å². The van der Waals surface area contributed by atoms with Crippen molar-refractivity contribution in [2.45, 2.75) is 45.6 Å². The second-order valence-corrected chi connectivity index (χ2v) is 6.18. The second kappa shape index (κ2) is 6.37. The quantitative estimate of drug-likeness (QED) is 0.779. The number of aryl methyl sites for hydroxylation is 1. The van der Waals surface area contributed by atoms with E-state index in [2.05, 4.69) is 33.8 Å². The molecule has 1 aliphatic heterocycles. The molecule has 1 atom stereocenters. The first-order chi connectivity index (χ1) is 9.11. The minimum atomic E-state index is -0.171. The molecule has 0 spiro atoms. The summed E-state index contributed by atoms with van der Waals surface area (Å²) >= 11 is 1.69. The Morgan fingerprint density at radius 3 is 3.11 bits per heavy atom. The van der Waals surface area contributed by atoms with Crippen molar-refractivity contribution in [1.29, 1.82) is 0 Å². The van der Waals surface area contributed by atoms with E-state index in [9.17, 15) is 4.79 Å². The number of aromatic nitrogens is 1. The maximum atomic E-state index is 11.1. The lowest BCUT2D eigenvalue weighted by atomic mass is 10.0. The van der Waals surface area contributed by atoms with Crippen LogP contribution in [-0.2, 0) is 16.0 Å². The van der Waals surface area contributed by atoms with Gasteiger partial charge in [0.25, 0.3) is 0 Å². The Morgan fingerprint density at radius 2 is 2.42 bits per heavy atom. The van der Waals surface area contributed by atoms with Gasteiger partial charge in [0.2, 0.25) is 0 Å². The monoisotopic (exact) mass is 282 g/mol. The molecule has 106 valence electrons. The van der Waals surface area contributed by atoms with Crippen LogP contribution in [0.4, 0.5) is 5.13 Å². The molecule has 1 saturated heterocycles. The van der Waals surface area contributed by atoms with Gasteiger partial charge in [-0.1, -0.05) is 13.8 Å². The van der Waals surface area contributed by atoms with Gasteiger partial charge in [0.05, 0.1) is 19.2 Å². The van der Waals surface area contributed by atoms with E-state index in [-0.39, 0.29) is 5.97 Å². The lowest BCUT2D eigenvalue weighted by Gasteiger charge is -2.27. The summed E-state index contributed by atoms with van der Waals surface area (Å²) in [7, 11) is 1.42. The van der Waals surface area contributed by atoms with Crippen molar-refractivity contribution in [3.8, 4) is 0 Å². The number of carbonyl (C=O) groups excluding carboxylic acids is 1. The number of carbonyl (C=O) groups is 1. The Hall–Kier alpha value is -1.10. The summed E-state index contributed by atoms with van der Waals surface area (Å²) in [6, 6.07) is 0.611. The highest BCUT2D eigenvalue weighted by atomic mass is 32.1. The highest BCUT2D eigenvalue weighted by Gasteiger charge is 2.28. The topological polar surface area (TPSA) is 42.4 Å². The van der Waals surface area contributed by atoms with Gasteiger partial charge in [-0.3, -0.25) is 4.79 Å². The molecule has 2 rings (SSSR count). The Balaban J connectivity index is 1.98. The molecule has 0 saturated carbocycles. The standard InChI is InChI=1S/C14H22N2O2S/c1-10(2)12-5-4-8-16(12)14-15-11(9-19-14)6-7-13(17)18-3/h9-10,12H,4-8H2,1-3H3. The second-order valence-electron chi connectivity index (χ2n) is 5.34. The summed E-state index contributed by atoms with van der Waals surface area (Å²) in [5, 5.41) is 3.17. The van der Waals surface area contributed by atoms with Crippen LogP contribution in [0, 0.1) is 5.92 Å². The molecule has 1 aliphatic rings. The summed E-state index contributed by atoms with van der Waals surface area (Å²) < 4.78 is 4.65. The fourth-order valence-electron chi connectivity index (χ4n) is 2.60. The van der Waals surface area contributed by atoms with Gasteiger partial charge in [-0.2, -0.15) is 0 Å². The molecule has 1 fully saturated rings. The van der Waals surface area contributed by atoms with Crippen molar-refractivity contribution in [2.75, 3.05) is 18.6 Å². The van der Waals surface area contributed by atoms with Crippen molar-refractivity contribution in [2.24, 2.45) is 5.92 Å². The average molecular weight is 282 g/mol. The number of thiazole rings is 1. The van der Waals surface area contributed by atoms with E-state index in [1.807, 2.05) is 0 Å². The van der Waals surface area contributed by atoms with Crippen molar-refractivity contribution < 1.29 is 9.53 Å². The first-order valence-corrected chi connectivity index (χ1v) is 7.77. The Bertz CT molecular complexity index is 431. The van der Waals surface area contributed by atoms with Crippen LogP contribution in [0.1, 0.15) is 38.8 Å². The van der Waals surface area contributed by atoms with Crippen LogP contribution in [0.5, 0.6) is 0 Å². The molecule has 2 heterocycles. The third-order valence-electron chi connectivity index (χ3n) is 3.67. The first kappa shape index (κ1) is 14.3. The van der Waals surface area contributed by atoms with Crippen molar-refractivity contribution in [3.63, 3.8) is 0 Å². The predicted octanol–water partition coefficient (Wildman–Crippen LogP) is 2.87. The van der Waals surface area contributed by atoms with E-state index in [1.165, 1.54) is 20.0 Å². The zero-order valence-electron chi connectivity index (χ0n) is 11.9. The van der Waals surface area contributed by atoms with Gasteiger partial charge in [-0.25, -0.2) is 4.98 Å². The number of hydrogen-bond donors (Lipinski definition) is 0. The maximum Gasteiger partial charge on any atom is 0.305 e. The zero-order chi connectivity index (χ0) is 13.8. The van der Waals surface area contributed by atoms with Gasteiger partial charge in [0.1, 0.15) is 0 Å². The first-order valence-electron chi connectivity index (χ1n) is 6.89. The molecule has 4 nitrogen and oxygen atoms in total. The number of anilines is 1. The Kier molecular flexibility index (Phi) is 4.80. The van der Waals surface area contributed by atoms with Gasteiger partial charge in [-0.05, 0) is 18.8 Å². The molecule has 0 amide bonds. The lowest BCUT2D eigenvalue weighted by Crippen LogP contribution is -2.33. The summed E-state index contributed by atoms with van der Waals surface area (Å²) in [5.41, 5.74) is 1.000. The third-order valence-corrected chi connectivity index (χ3v) is 4.59. The van der Waals surface area contributed by atoms with E-state index >= 15 is 0 Å². The number of hydrogen-bond acceptors (Lipinski definition) is 5. The molecule has 19 heavy (non-hydrogen) atoms. The smallest absolute Gasteiger partial charge is 0.305 e. The van der Waals surface area contributed by atoms with E-state index in [4.69, 9.17) is 0 Å². The number of rotatable bonds is 5. The number of methoxy groups -OCH3 is 1. The SMILES string of the molecule is COC(=O)CCc1csc(N2CCCC2C(C)C)n1. The molecule has 1 unspecified atom stereocenters. The maximum absolute atomic E-state index is 11.1. The number of esters is 1. The van der Waals surface area contributed by atoms with Crippen molar-refractivity contribution >= 4 is 22.4 Å². The van der Waals surface area contributed by atoms with E-state index in [0.29, 0.717) is 24.8 Å². The fraction of sp³-hybridized carbons (Fsp3) is 0.714. The predicted molar refractivity (Wildman–Crippen MR) is 77.7 cm³/mol. The molecule has 0 radical (unpaired) electrons. The summed E-state index contributed by atoms with van der Waals surface area (Å²) in [4.78, 5) is 18.2. The molecular weight excluding hydrogens is 260 g/mol. The van der Waals surface area contributed by atoms with Crippen LogP contribution >= 0.6 is 11.3 Å². The molecule has 5 heteroatoms. The lowest BCUT2D eigenvalue weighted by molar-refractivity contribution is -0.140. The van der Waals surface area contributed by atoms with Crippen LogP contribution in [0.25, 0.3) is 0 Å². The summed E-state index contributed by atoms with van der Waals surface area (Å²) in [6.07, 6.45) is 3.59. The van der Waals surface area contributed by atoms with Crippen molar-refractivity contribution in [3.05, 3.63) is 11.1 Å². The number of ether oxygens (including phenoxy) is 1. The number of nitrogens with zero attached hydrogens (tertiary/aromatic N) is 2.